The average Bonchev–Trinajstić information content (AvgIpc) is 3.07. The standard InChI is InChI=1S/C16H22F2N3O5P/c1-4-24-27(23,25-5-2)26-12(3)16(22,9-21-11-19-10-20-21)14-7-6-13(17)8-15(14)18/h6-8,10-12,22H,4-5,9H2,1-3H3/t12-,16?/m1/s1. The van der Waals surface area contributed by atoms with Crippen LogP contribution in [0.15, 0.2) is 30.9 Å². The Labute approximate surface area is 155 Å². The molecular formula is C16H22F2N3O5P. The van der Waals surface area contributed by atoms with Gasteiger partial charge in [-0.15, -0.1) is 0 Å². The first-order valence-electron chi connectivity index (χ1n) is 8.32. The molecule has 0 radical (unpaired) electrons. The third-order valence-electron chi connectivity index (χ3n) is 3.80. The zero-order valence-electron chi connectivity index (χ0n) is 15.2. The Morgan fingerprint density at radius 2 is 1.96 bits per heavy atom. The second-order valence-electron chi connectivity index (χ2n) is 5.67. The molecule has 2 rings (SSSR count). The van der Waals surface area contributed by atoms with E-state index in [1.54, 1.807) is 13.8 Å². The Balaban J connectivity index is 2.43. The predicted octanol–water partition coefficient (Wildman–Crippen LogP) is 3.03. The van der Waals surface area contributed by atoms with E-state index in [1.807, 2.05) is 0 Å². The first kappa shape index (κ1) is 21.6. The third kappa shape index (κ3) is 5.18. The van der Waals surface area contributed by atoms with Crippen LogP contribution in [0.3, 0.4) is 0 Å². The van der Waals surface area contributed by atoms with Gasteiger partial charge in [-0.05, 0) is 26.8 Å². The normalized spacial score (nSPS) is 15.5. The number of hydrogen-bond acceptors (Lipinski definition) is 7. The molecule has 0 bridgehead atoms. The van der Waals surface area contributed by atoms with E-state index in [0.29, 0.717) is 6.07 Å². The number of rotatable bonds is 10. The van der Waals surface area contributed by atoms with Crippen molar-refractivity contribution in [2.75, 3.05) is 13.2 Å². The minimum atomic E-state index is -4.01. The highest BCUT2D eigenvalue weighted by Gasteiger charge is 2.44. The molecule has 2 atom stereocenters. The lowest BCUT2D eigenvalue weighted by Crippen LogP contribution is -2.44. The van der Waals surface area contributed by atoms with Gasteiger partial charge < -0.3 is 5.11 Å². The van der Waals surface area contributed by atoms with Gasteiger partial charge in [0.05, 0.1) is 19.8 Å². The molecule has 1 unspecified atom stereocenters. The fourth-order valence-electron chi connectivity index (χ4n) is 2.53. The maximum absolute atomic E-state index is 14.4. The number of benzene rings is 1. The van der Waals surface area contributed by atoms with Crippen LogP contribution in [0.5, 0.6) is 0 Å². The number of aromatic nitrogens is 3. The van der Waals surface area contributed by atoms with Crippen LogP contribution >= 0.6 is 7.82 Å². The van der Waals surface area contributed by atoms with Gasteiger partial charge in [0.2, 0.25) is 0 Å². The fraction of sp³-hybridized carbons (Fsp3) is 0.500. The van der Waals surface area contributed by atoms with Crippen molar-refractivity contribution < 1.29 is 32.0 Å². The third-order valence-corrected chi connectivity index (χ3v) is 5.52. The number of phosphoric acid groups is 1. The molecule has 0 aliphatic carbocycles. The SMILES string of the molecule is CCOP(=O)(OCC)O[C@H](C)C(O)(Cn1cncn1)c1ccc(F)cc1F. The fourth-order valence-corrected chi connectivity index (χ4v) is 3.92. The molecule has 0 spiro atoms. The monoisotopic (exact) mass is 405 g/mol. The lowest BCUT2D eigenvalue weighted by molar-refractivity contribution is -0.0882. The lowest BCUT2D eigenvalue weighted by atomic mass is 9.88. The molecule has 1 heterocycles. The van der Waals surface area contributed by atoms with E-state index in [0.717, 1.165) is 12.1 Å². The van der Waals surface area contributed by atoms with E-state index in [-0.39, 0.29) is 25.3 Å². The van der Waals surface area contributed by atoms with E-state index in [9.17, 15) is 18.5 Å². The minimum absolute atomic E-state index is 0.0381. The summed E-state index contributed by atoms with van der Waals surface area (Å²) in [7, 11) is -4.01. The molecule has 27 heavy (non-hydrogen) atoms. The summed E-state index contributed by atoms with van der Waals surface area (Å²) in [4.78, 5) is 3.77. The molecule has 1 N–H and O–H groups in total. The molecule has 1 aromatic carbocycles. The van der Waals surface area contributed by atoms with Crippen molar-refractivity contribution >= 4 is 7.82 Å². The van der Waals surface area contributed by atoms with Crippen molar-refractivity contribution in [2.24, 2.45) is 0 Å². The Morgan fingerprint density at radius 1 is 1.30 bits per heavy atom. The quantitative estimate of drug-likeness (QED) is 0.607. The van der Waals surface area contributed by atoms with E-state index < -0.39 is 31.2 Å². The maximum Gasteiger partial charge on any atom is 0.475 e. The summed E-state index contributed by atoms with van der Waals surface area (Å²) >= 11 is 0. The Hall–Kier alpha value is -1.71. The molecule has 0 aliphatic rings. The van der Waals surface area contributed by atoms with Gasteiger partial charge in [-0.1, -0.05) is 6.07 Å². The summed E-state index contributed by atoms with van der Waals surface area (Å²) < 4.78 is 57.2. The summed E-state index contributed by atoms with van der Waals surface area (Å²) in [6.45, 7) is 4.36. The molecule has 8 nitrogen and oxygen atoms in total. The first-order chi connectivity index (χ1) is 12.7. The minimum Gasteiger partial charge on any atom is -0.380 e. The number of phosphoric ester groups is 1. The molecule has 0 saturated heterocycles. The molecule has 0 fully saturated rings. The maximum atomic E-state index is 14.4. The van der Waals surface area contributed by atoms with E-state index in [4.69, 9.17) is 13.6 Å². The van der Waals surface area contributed by atoms with Crippen molar-refractivity contribution in [1.82, 2.24) is 14.8 Å². The molecule has 1 aromatic heterocycles. The molecule has 2 aromatic rings. The predicted molar refractivity (Wildman–Crippen MR) is 91.7 cm³/mol. The topological polar surface area (TPSA) is 95.7 Å². The first-order valence-corrected chi connectivity index (χ1v) is 9.78. The van der Waals surface area contributed by atoms with Crippen LogP contribution in [0.25, 0.3) is 0 Å². The summed E-state index contributed by atoms with van der Waals surface area (Å²) in [5.41, 5.74) is -2.33. The van der Waals surface area contributed by atoms with Crippen molar-refractivity contribution in [1.29, 1.82) is 0 Å². The molecule has 0 amide bonds. The second kappa shape index (κ2) is 8.99. The van der Waals surface area contributed by atoms with Gasteiger partial charge in [-0.25, -0.2) is 23.0 Å². The van der Waals surface area contributed by atoms with Gasteiger partial charge in [0.15, 0.2) is 0 Å². The lowest BCUT2D eigenvalue weighted by Gasteiger charge is -2.35. The second-order valence-corrected chi connectivity index (χ2v) is 7.29. The number of halogens is 2. The Bertz CT molecular complexity index is 782. The largest absolute Gasteiger partial charge is 0.475 e. The van der Waals surface area contributed by atoms with Gasteiger partial charge >= 0.3 is 7.82 Å². The Morgan fingerprint density at radius 3 is 2.48 bits per heavy atom. The van der Waals surface area contributed by atoms with Crippen molar-refractivity contribution in [3.8, 4) is 0 Å². The van der Waals surface area contributed by atoms with E-state index >= 15 is 0 Å². The highest BCUT2D eigenvalue weighted by molar-refractivity contribution is 7.48. The molecule has 0 aliphatic heterocycles. The number of aliphatic hydroxyl groups is 1. The zero-order valence-corrected chi connectivity index (χ0v) is 16.1. The van der Waals surface area contributed by atoms with E-state index in [2.05, 4.69) is 10.1 Å². The zero-order chi connectivity index (χ0) is 20.1. The van der Waals surface area contributed by atoms with Gasteiger partial charge in [-0.3, -0.25) is 13.6 Å². The van der Waals surface area contributed by atoms with Gasteiger partial charge in [0.25, 0.3) is 0 Å². The molecular weight excluding hydrogens is 383 g/mol. The van der Waals surface area contributed by atoms with Crippen molar-refractivity contribution in [2.45, 2.75) is 39.0 Å². The summed E-state index contributed by atoms with van der Waals surface area (Å²) in [5, 5.41) is 15.2. The van der Waals surface area contributed by atoms with Gasteiger partial charge in [0, 0.05) is 11.6 Å². The summed E-state index contributed by atoms with van der Waals surface area (Å²) in [6, 6.07) is 2.73. The smallest absolute Gasteiger partial charge is 0.380 e. The summed E-state index contributed by atoms with van der Waals surface area (Å²) in [5.74, 6) is -1.79. The van der Waals surface area contributed by atoms with Crippen molar-refractivity contribution in [3.63, 3.8) is 0 Å². The van der Waals surface area contributed by atoms with Crippen LogP contribution in [0.4, 0.5) is 8.78 Å². The molecule has 0 saturated carbocycles. The molecule has 150 valence electrons. The van der Waals surface area contributed by atoms with Gasteiger partial charge in [-0.2, -0.15) is 5.10 Å². The van der Waals surface area contributed by atoms with Crippen LogP contribution < -0.4 is 0 Å². The van der Waals surface area contributed by atoms with Crippen LogP contribution in [-0.2, 0) is 30.3 Å². The van der Waals surface area contributed by atoms with Crippen LogP contribution in [-0.4, -0.2) is 39.2 Å². The number of nitrogens with zero attached hydrogens (tertiary/aromatic N) is 3. The van der Waals surface area contributed by atoms with Crippen LogP contribution in [0.1, 0.15) is 26.3 Å². The Kier molecular flexibility index (Phi) is 7.19. The number of hydrogen-bond donors (Lipinski definition) is 1. The average molecular weight is 405 g/mol. The van der Waals surface area contributed by atoms with Crippen LogP contribution in [0, 0.1) is 11.6 Å². The highest BCUT2D eigenvalue weighted by Crippen LogP contribution is 2.52. The van der Waals surface area contributed by atoms with Gasteiger partial charge in [0.1, 0.15) is 36.0 Å². The molecule has 11 heteroatoms. The van der Waals surface area contributed by atoms with Crippen molar-refractivity contribution in [3.05, 3.63) is 48.1 Å². The highest BCUT2D eigenvalue weighted by atomic mass is 31.2. The summed E-state index contributed by atoms with van der Waals surface area (Å²) in [6.07, 6.45) is 1.27. The van der Waals surface area contributed by atoms with Crippen LogP contribution in [0.2, 0.25) is 0 Å². The van der Waals surface area contributed by atoms with E-state index in [1.165, 1.54) is 24.3 Å².